The quantitative estimate of drug-likeness (QED) is 0.581. The van der Waals surface area contributed by atoms with Crippen molar-refractivity contribution in [2.24, 2.45) is 5.92 Å². The SMILES string of the molecule is Cc1nnc(SCC(=O)c2ccc3c(c2)CCO3)n1[C@H]1CCC[C@H](C)C1. The third-order valence-electron chi connectivity index (χ3n) is 5.45. The molecule has 1 aromatic heterocycles. The molecule has 6 heteroatoms. The normalized spacial score (nSPS) is 22.1. The molecule has 1 fully saturated rings. The van der Waals surface area contributed by atoms with E-state index >= 15 is 0 Å². The summed E-state index contributed by atoms with van der Waals surface area (Å²) in [6.07, 6.45) is 5.79. The van der Waals surface area contributed by atoms with Crippen molar-refractivity contribution < 1.29 is 9.53 Å². The number of carbonyl (C=O) groups is 1. The minimum Gasteiger partial charge on any atom is -0.493 e. The van der Waals surface area contributed by atoms with Crippen molar-refractivity contribution >= 4 is 17.5 Å². The van der Waals surface area contributed by atoms with Crippen molar-refractivity contribution in [3.63, 3.8) is 0 Å². The molecule has 138 valence electrons. The Morgan fingerprint density at radius 1 is 1.35 bits per heavy atom. The summed E-state index contributed by atoms with van der Waals surface area (Å²) in [5, 5.41) is 9.50. The fraction of sp³-hybridized carbons (Fsp3) is 0.550. The molecule has 2 aromatic rings. The van der Waals surface area contributed by atoms with Crippen LogP contribution in [0, 0.1) is 12.8 Å². The maximum atomic E-state index is 12.6. The average molecular weight is 372 g/mol. The molecule has 1 aromatic carbocycles. The Hall–Kier alpha value is -1.82. The number of fused-ring (bicyclic) bond motifs is 1. The first-order valence-electron chi connectivity index (χ1n) is 9.45. The largest absolute Gasteiger partial charge is 0.493 e. The molecule has 2 heterocycles. The number of Topliss-reactive ketones (excluding diaryl/α,β-unsaturated/α-hetero) is 1. The van der Waals surface area contributed by atoms with Gasteiger partial charge in [-0.25, -0.2) is 0 Å². The second-order valence-electron chi connectivity index (χ2n) is 7.46. The van der Waals surface area contributed by atoms with E-state index in [4.69, 9.17) is 4.74 Å². The first-order valence-corrected chi connectivity index (χ1v) is 10.4. The molecule has 0 amide bonds. The lowest BCUT2D eigenvalue weighted by Crippen LogP contribution is -2.19. The van der Waals surface area contributed by atoms with Gasteiger partial charge < -0.3 is 9.30 Å². The van der Waals surface area contributed by atoms with Gasteiger partial charge in [-0.15, -0.1) is 10.2 Å². The van der Waals surface area contributed by atoms with E-state index in [0.29, 0.717) is 18.4 Å². The summed E-state index contributed by atoms with van der Waals surface area (Å²) in [5.41, 5.74) is 1.90. The topological polar surface area (TPSA) is 57.0 Å². The lowest BCUT2D eigenvalue weighted by atomic mass is 9.87. The summed E-state index contributed by atoms with van der Waals surface area (Å²) in [7, 11) is 0. The zero-order valence-corrected chi connectivity index (χ0v) is 16.2. The molecular formula is C20H25N3O2S. The molecule has 5 nitrogen and oxygen atoms in total. The molecule has 1 aliphatic carbocycles. The van der Waals surface area contributed by atoms with Gasteiger partial charge in [0.1, 0.15) is 11.6 Å². The molecule has 0 saturated heterocycles. The van der Waals surface area contributed by atoms with Gasteiger partial charge in [-0.1, -0.05) is 31.5 Å². The van der Waals surface area contributed by atoms with Crippen LogP contribution in [0.3, 0.4) is 0 Å². The smallest absolute Gasteiger partial charge is 0.191 e. The van der Waals surface area contributed by atoms with Gasteiger partial charge in [0.25, 0.3) is 0 Å². The fourth-order valence-corrected chi connectivity index (χ4v) is 5.02. The number of ketones is 1. The number of nitrogens with zero attached hydrogens (tertiary/aromatic N) is 3. The van der Waals surface area contributed by atoms with E-state index in [1.165, 1.54) is 37.4 Å². The van der Waals surface area contributed by atoms with Crippen molar-refractivity contribution in [3.05, 3.63) is 35.2 Å². The van der Waals surface area contributed by atoms with Gasteiger partial charge in [0, 0.05) is 18.0 Å². The van der Waals surface area contributed by atoms with Gasteiger partial charge in [-0.2, -0.15) is 0 Å². The van der Waals surface area contributed by atoms with Crippen molar-refractivity contribution in [2.45, 2.75) is 57.1 Å². The number of hydrogen-bond donors (Lipinski definition) is 0. The molecule has 0 spiro atoms. The van der Waals surface area contributed by atoms with E-state index in [9.17, 15) is 4.79 Å². The maximum absolute atomic E-state index is 12.6. The Kier molecular flexibility index (Phi) is 5.02. The van der Waals surface area contributed by atoms with Crippen LogP contribution in [-0.2, 0) is 6.42 Å². The van der Waals surface area contributed by atoms with Crippen molar-refractivity contribution in [2.75, 3.05) is 12.4 Å². The number of carbonyl (C=O) groups excluding carboxylic acids is 1. The van der Waals surface area contributed by atoms with Gasteiger partial charge in [0.15, 0.2) is 10.9 Å². The standard InChI is InChI=1S/C20H25N3O2S/c1-13-4-3-5-17(10-13)23-14(2)21-22-20(23)26-12-18(24)15-6-7-19-16(11-15)8-9-25-19/h6-7,11,13,17H,3-5,8-10,12H2,1-2H3/t13-,17-/m0/s1. The van der Waals surface area contributed by atoms with Crippen LogP contribution in [0.4, 0.5) is 0 Å². The molecule has 0 bridgehead atoms. The Morgan fingerprint density at radius 2 is 2.23 bits per heavy atom. The number of aryl methyl sites for hydroxylation is 1. The number of aromatic nitrogens is 3. The molecule has 0 radical (unpaired) electrons. The Morgan fingerprint density at radius 3 is 3.08 bits per heavy atom. The predicted octanol–water partition coefficient (Wildman–Crippen LogP) is 4.25. The molecule has 26 heavy (non-hydrogen) atoms. The van der Waals surface area contributed by atoms with Gasteiger partial charge in [-0.3, -0.25) is 4.79 Å². The number of hydrogen-bond acceptors (Lipinski definition) is 5. The van der Waals surface area contributed by atoms with Crippen LogP contribution in [0.25, 0.3) is 0 Å². The summed E-state index contributed by atoms with van der Waals surface area (Å²) in [5.74, 6) is 3.13. The highest BCUT2D eigenvalue weighted by atomic mass is 32.2. The maximum Gasteiger partial charge on any atom is 0.191 e. The lowest BCUT2D eigenvalue weighted by Gasteiger charge is -2.29. The first kappa shape index (κ1) is 17.6. The van der Waals surface area contributed by atoms with Gasteiger partial charge in [0.05, 0.1) is 12.4 Å². The van der Waals surface area contributed by atoms with E-state index < -0.39 is 0 Å². The molecule has 0 N–H and O–H groups in total. The third-order valence-corrected chi connectivity index (χ3v) is 6.40. The fourth-order valence-electron chi connectivity index (χ4n) is 4.08. The Labute approximate surface area is 158 Å². The van der Waals surface area contributed by atoms with Crippen LogP contribution < -0.4 is 4.74 Å². The van der Waals surface area contributed by atoms with Gasteiger partial charge >= 0.3 is 0 Å². The van der Waals surface area contributed by atoms with Crippen LogP contribution in [0.15, 0.2) is 23.4 Å². The van der Waals surface area contributed by atoms with Crippen molar-refractivity contribution in [1.29, 1.82) is 0 Å². The molecule has 4 rings (SSSR count). The Bertz CT molecular complexity index is 817. The van der Waals surface area contributed by atoms with Gasteiger partial charge in [-0.05, 0) is 49.4 Å². The molecule has 2 aliphatic rings. The summed E-state index contributed by atoms with van der Waals surface area (Å²) >= 11 is 1.51. The highest BCUT2D eigenvalue weighted by Crippen LogP contribution is 2.35. The minimum atomic E-state index is 0.133. The molecular weight excluding hydrogens is 346 g/mol. The summed E-state index contributed by atoms with van der Waals surface area (Å²) in [6.45, 7) is 5.04. The highest BCUT2D eigenvalue weighted by Gasteiger charge is 2.25. The minimum absolute atomic E-state index is 0.133. The first-order chi connectivity index (χ1) is 12.6. The average Bonchev–Trinajstić information content (AvgIpc) is 3.25. The highest BCUT2D eigenvalue weighted by molar-refractivity contribution is 7.99. The van der Waals surface area contributed by atoms with E-state index in [0.717, 1.165) is 40.2 Å². The Balaban J connectivity index is 1.45. The van der Waals surface area contributed by atoms with Crippen LogP contribution >= 0.6 is 11.8 Å². The number of ether oxygens (including phenoxy) is 1. The summed E-state index contributed by atoms with van der Waals surface area (Å²) < 4.78 is 7.77. The zero-order valence-electron chi connectivity index (χ0n) is 15.4. The number of benzene rings is 1. The summed E-state index contributed by atoms with van der Waals surface area (Å²) in [4.78, 5) is 12.6. The molecule has 1 aliphatic heterocycles. The predicted molar refractivity (Wildman–Crippen MR) is 102 cm³/mol. The monoisotopic (exact) mass is 371 g/mol. The molecule has 1 saturated carbocycles. The molecule has 0 unspecified atom stereocenters. The van der Waals surface area contributed by atoms with E-state index in [2.05, 4.69) is 21.7 Å². The number of thioether (sulfide) groups is 1. The second-order valence-corrected chi connectivity index (χ2v) is 8.40. The lowest BCUT2D eigenvalue weighted by molar-refractivity contribution is 0.102. The third kappa shape index (κ3) is 3.52. The van der Waals surface area contributed by atoms with Crippen molar-refractivity contribution in [1.82, 2.24) is 14.8 Å². The van der Waals surface area contributed by atoms with Crippen molar-refractivity contribution in [3.8, 4) is 5.75 Å². The van der Waals surface area contributed by atoms with Crippen LogP contribution in [-0.4, -0.2) is 32.9 Å². The zero-order chi connectivity index (χ0) is 18.1. The van der Waals surface area contributed by atoms with Crippen LogP contribution in [0.2, 0.25) is 0 Å². The summed E-state index contributed by atoms with van der Waals surface area (Å²) in [6, 6.07) is 6.22. The van der Waals surface area contributed by atoms with Gasteiger partial charge in [0.2, 0.25) is 0 Å². The van der Waals surface area contributed by atoms with Crippen LogP contribution in [0.5, 0.6) is 5.75 Å². The van der Waals surface area contributed by atoms with E-state index in [-0.39, 0.29) is 5.78 Å². The van der Waals surface area contributed by atoms with E-state index in [1.807, 2.05) is 25.1 Å². The second kappa shape index (κ2) is 7.43. The van der Waals surface area contributed by atoms with Crippen LogP contribution in [0.1, 0.15) is 60.4 Å². The molecule has 2 atom stereocenters. The van der Waals surface area contributed by atoms with E-state index in [1.54, 1.807) is 0 Å². The number of rotatable bonds is 5.